The van der Waals surface area contributed by atoms with Gasteiger partial charge in [0.05, 0.1) is 12.3 Å². The maximum absolute atomic E-state index is 13.2. The van der Waals surface area contributed by atoms with E-state index in [1.54, 1.807) is 30.3 Å². The predicted octanol–water partition coefficient (Wildman–Crippen LogP) is 7.85. The minimum absolute atomic E-state index is 0.0449. The first kappa shape index (κ1) is 38.0. The number of carboxylic acid groups (broad SMARTS) is 2. The van der Waals surface area contributed by atoms with Crippen molar-refractivity contribution >= 4 is 23.6 Å². The Morgan fingerprint density at radius 1 is 0.826 bits per heavy atom. The van der Waals surface area contributed by atoms with Gasteiger partial charge in [-0.25, -0.2) is 4.79 Å². The summed E-state index contributed by atoms with van der Waals surface area (Å²) in [4.78, 5) is 48.7. The molecule has 0 spiro atoms. The lowest BCUT2D eigenvalue weighted by atomic mass is 9.94. The summed E-state index contributed by atoms with van der Waals surface area (Å²) < 4.78 is 5.79. The first-order valence-electron chi connectivity index (χ1n) is 16.6. The molecule has 0 bridgehead atoms. The Balaban J connectivity index is 1.84. The van der Waals surface area contributed by atoms with Crippen molar-refractivity contribution < 1.29 is 34.1 Å². The number of aliphatic carboxylic acids is 2. The Morgan fingerprint density at radius 3 is 2.07 bits per heavy atom. The van der Waals surface area contributed by atoms with Crippen molar-refractivity contribution in [2.75, 3.05) is 0 Å². The van der Waals surface area contributed by atoms with Crippen LogP contribution in [0.1, 0.15) is 102 Å². The van der Waals surface area contributed by atoms with Crippen LogP contribution in [0, 0.1) is 5.92 Å². The number of ether oxygens (including phenoxy) is 1. The highest BCUT2D eigenvalue weighted by Crippen LogP contribution is 2.19. The van der Waals surface area contributed by atoms with Crippen molar-refractivity contribution in [1.29, 1.82) is 0 Å². The highest BCUT2D eigenvalue weighted by atomic mass is 16.5. The monoisotopic (exact) mass is 633 g/mol. The van der Waals surface area contributed by atoms with E-state index in [0.29, 0.717) is 43.0 Å². The van der Waals surface area contributed by atoms with Crippen LogP contribution in [0.15, 0.2) is 78.9 Å². The molecule has 8 nitrogen and oxygen atoms in total. The average molecular weight is 634 g/mol. The van der Waals surface area contributed by atoms with Crippen LogP contribution in [-0.2, 0) is 32.2 Å². The van der Waals surface area contributed by atoms with E-state index in [4.69, 9.17) is 4.74 Å². The second kappa shape index (κ2) is 22.3. The van der Waals surface area contributed by atoms with Crippen LogP contribution in [0.4, 0.5) is 0 Å². The third kappa shape index (κ3) is 16.2. The molecule has 0 unspecified atom stereocenters. The Kier molecular flexibility index (Phi) is 18.4. The molecule has 0 radical (unpaired) electrons. The fourth-order valence-electron chi connectivity index (χ4n) is 5.09. The number of nitrogens with one attached hydrogen (secondary N) is 1. The van der Waals surface area contributed by atoms with E-state index in [2.05, 4.69) is 18.8 Å². The average Bonchev–Trinajstić information content (AvgIpc) is 3.03. The molecule has 0 aromatic heterocycles. The molecule has 1 amide bonds. The fourth-order valence-corrected chi connectivity index (χ4v) is 5.09. The molecule has 250 valence electrons. The van der Waals surface area contributed by atoms with E-state index < -0.39 is 36.2 Å². The molecular weight excluding hydrogens is 582 g/mol. The van der Waals surface area contributed by atoms with E-state index in [9.17, 15) is 29.4 Å². The van der Waals surface area contributed by atoms with Crippen molar-refractivity contribution in [2.24, 2.45) is 5.92 Å². The molecule has 3 N–H and O–H groups in total. The van der Waals surface area contributed by atoms with E-state index in [0.717, 1.165) is 44.1 Å². The molecule has 0 fully saturated rings. The minimum Gasteiger partial charge on any atom is -0.489 e. The van der Waals surface area contributed by atoms with Crippen molar-refractivity contribution in [3.05, 3.63) is 90.0 Å². The largest absolute Gasteiger partial charge is 0.489 e. The summed E-state index contributed by atoms with van der Waals surface area (Å²) in [7, 11) is 0. The van der Waals surface area contributed by atoms with Crippen molar-refractivity contribution in [2.45, 2.75) is 109 Å². The van der Waals surface area contributed by atoms with Gasteiger partial charge in [-0.3, -0.25) is 14.4 Å². The number of rotatable bonds is 25. The first-order valence-corrected chi connectivity index (χ1v) is 16.6. The molecular formula is C38H51NO7. The van der Waals surface area contributed by atoms with Gasteiger partial charge in [0, 0.05) is 19.3 Å². The number of hydrogen-bond donors (Lipinski definition) is 3. The molecule has 2 atom stereocenters. The number of ketones is 1. The first-order chi connectivity index (χ1) is 22.2. The minimum atomic E-state index is -1.21. The number of amides is 1. The van der Waals surface area contributed by atoms with Crippen molar-refractivity contribution in [3.8, 4) is 5.75 Å². The molecule has 0 saturated carbocycles. The van der Waals surface area contributed by atoms with Gasteiger partial charge < -0.3 is 20.3 Å². The SMILES string of the molecule is C=C(CC(=O)O)[C@H](/C=C/CCCCCCC(=O)CCCCCCC)C(=O)N[C@@H](Cc1ccc(OCc2ccccc2)cc1)C(=O)O. The molecule has 8 heteroatoms. The topological polar surface area (TPSA) is 130 Å². The van der Waals surface area contributed by atoms with Crippen molar-refractivity contribution in [1.82, 2.24) is 5.32 Å². The number of allylic oxidation sites excluding steroid dienone is 1. The molecule has 2 aromatic rings. The molecule has 0 saturated heterocycles. The maximum atomic E-state index is 13.2. The lowest BCUT2D eigenvalue weighted by Gasteiger charge is -2.20. The fraction of sp³-hybridized carbons (Fsp3) is 0.474. The molecule has 46 heavy (non-hydrogen) atoms. The van der Waals surface area contributed by atoms with Gasteiger partial charge >= 0.3 is 11.9 Å². The number of carbonyl (C=O) groups is 4. The van der Waals surface area contributed by atoms with Crippen LogP contribution < -0.4 is 10.1 Å². The Labute approximate surface area is 273 Å². The Bertz CT molecular complexity index is 1250. The molecule has 0 aliphatic rings. The summed E-state index contributed by atoms with van der Waals surface area (Å²) in [6, 6.07) is 15.5. The maximum Gasteiger partial charge on any atom is 0.326 e. The summed E-state index contributed by atoms with van der Waals surface area (Å²) in [5.41, 5.74) is 1.91. The van der Waals surface area contributed by atoms with E-state index in [-0.39, 0.29) is 12.0 Å². The van der Waals surface area contributed by atoms with Gasteiger partial charge in [-0.05, 0) is 48.9 Å². The number of carboxylic acids is 2. The molecule has 0 aliphatic carbocycles. The molecule has 0 aliphatic heterocycles. The van der Waals surface area contributed by atoms with Gasteiger partial charge in [-0.1, -0.05) is 112 Å². The van der Waals surface area contributed by atoms with E-state index in [1.807, 2.05) is 36.4 Å². The van der Waals surface area contributed by atoms with Crippen LogP contribution in [0.2, 0.25) is 0 Å². The summed E-state index contributed by atoms with van der Waals surface area (Å²) >= 11 is 0. The lowest BCUT2D eigenvalue weighted by molar-refractivity contribution is -0.142. The summed E-state index contributed by atoms with van der Waals surface area (Å²) in [5.74, 6) is -2.91. The molecule has 2 aromatic carbocycles. The zero-order valence-corrected chi connectivity index (χ0v) is 27.3. The number of hydrogen-bond acceptors (Lipinski definition) is 5. The van der Waals surface area contributed by atoms with Crippen LogP contribution in [-0.4, -0.2) is 39.9 Å². The second-order valence-corrected chi connectivity index (χ2v) is 11.8. The van der Waals surface area contributed by atoms with Gasteiger partial charge in [-0.15, -0.1) is 0 Å². The number of Topliss-reactive ketones (excluding diaryl/α,β-unsaturated/α-hetero) is 1. The highest BCUT2D eigenvalue weighted by Gasteiger charge is 2.26. The summed E-state index contributed by atoms with van der Waals surface area (Å²) in [6.45, 7) is 6.39. The number of benzene rings is 2. The van der Waals surface area contributed by atoms with Crippen LogP contribution in [0.5, 0.6) is 5.75 Å². The number of unbranched alkanes of at least 4 members (excludes halogenated alkanes) is 8. The third-order valence-electron chi connectivity index (χ3n) is 7.79. The zero-order chi connectivity index (χ0) is 33.6. The highest BCUT2D eigenvalue weighted by molar-refractivity contribution is 5.89. The smallest absolute Gasteiger partial charge is 0.326 e. The standard InChI is InChI=1S/C38H51NO7/c1-3-4-5-8-14-19-32(40)20-15-9-6-7-10-16-21-34(29(2)26-36(41)42)37(43)39-35(38(44)45)27-30-22-24-33(25-23-30)46-28-31-17-12-11-13-18-31/h11-13,16-18,21-25,34-35H,2-10,14-15,19-20,26-28H2,1H3,(H,39,43)(H,41,42)(H,44,45)/b21-16+/t34-,35-/m0/s1. The van der Waals surface area contributed by atoms with E-state index in [1.165, 1.54) is 19.3 Å². The lowest BCUT2D eigenvalue weighted by Crippen LogP contribution is -2.45. The van der Waals surface area contributed by atoms with Crippen LogP contribution >= 0.6 is 0 Å². The molecule has 2 rings (SSSR count). The van der Waals surface area contributed by atoms with Crippen LogP contribution in [0.25, 0.3) is 0 Å². The Hall–Kier alpha value is -4.20. The van der Waals surface area contributed by atoms with Gasteiger partial charge in [0.25, 0.3) is 0 Å². The van der Waals surface area contributed by atoms with Gasteiger partial charge in [0.2, 0.25) is 5.91 Å². The number of carbonyl (C=O) groups excluding carboxylic acids is 2. The summed E-state index contributed by atoms with van der Waals surface area (Å²) in [6.07, 6.45) is 14.4. The molecule has 0 heterocycles. The van der Waals surface area contributed by atoms with Crippen molar-refractivity contribution in [3.63, 3.8) is 0 Å². The normalized spacial score (nSPS) is 12.4. The summed E-state index contributed by atoms with van der Waals surface area (Å²) in [5, 5.41) is 21.7. The second-order valence-electron chi connectivity index (χ2n) is 11.8. The van der Waals surface area contributed by atoms with Crippen LogP contribution in [0.3, 0.4) is 0 Å². The van der Waals surface area contributed by atoms with E-state index >= 15 is 0 Å². The Morgan fingerprint density at radius 2 is 1.46 bits per heavy atom. The van der Waals surface area contributed by atoms with Gasteiger partial charge in [0.1, 0.15) is 24.2 Å². The third-order valence-corrected chi connectivity index (χ3v) is 7.79. The quantitative estimate of drug-likeness (QED) is 0.0750. The van der Waals surface area contributed by atoms with Gasteiger partial charge in [-0.2, -0.15) is 0 Å². The van der Waals surface area contributed by atoms with Gasteiger partial charge in [0.15, 0.2) is 0 Å². The predicted molar refractivity (Wildman–Crippen MR) is 181 cm³/mol. The zero-order valence-electron chi connectivity index (χ0n) is 27.3.